The maximum Gasteiger partial charge on any atom is 0.159 e. The fourth-order valence-corrected chi connectivity index (χ4v) is 10.5. The first-order chi connectivity index (χ1) is 34.2. The van der Waals surface area contributed by atoms with E-state index in [9.17, 15) is 0 Å². The van der Waals surface area contributed by atoms with Gasteiger partial charge in [0.2, 0.25) is 0 Å². The van der Waals surface area contributed by atoms with Crippen LogP contribution in [0.25, 0.3) is 88.0 Å². The van der Waals surface area contributed by atoms with E-state index in [0.29, 0.717) is 0 Å². The smallest absolute Gasteiger partial charge is 0.159 e. The lowest BCUT2D eigenvalue weighted by Gasteiger charge is -2.32. The summed E-state index contributed by atoms with van der Waals surface area (Å²) >= 11 is 0. The summed E-state index contributed by atoms with van der Waals surface area (Å²) in [5, 5.41) is 6.36. The van der Waals surface area contributed by atoms with Crippen LogP contribution >= 0.6 is 0 Å². The summed E-state index contributed by atoms with van der Waals surface area (Å²) in [7, 11) is 0. The third kappa shape index (κ3) is 6.25. The quantitative estimate of drug-likeness (QED) is 0.152. The Kier molecular flexibility index (Phi) is 8.83. The largest absolute Gasteiger partial charge is 0.456 e. The molecule has 0 saturated heterocycles. The molecule has 0 fully saturated rings. The van der Waals surface area contributed by atoms with Gasteiger partial charge >= 0.3 is 0 Å². The summed E-state index contributed by atoms with van der Waals surface area (Å²) in [6, 6.07) is 85.4. The van der Waals surface area contributed by atoms with Crippen LogP contribution in [0.1, 0.15) is 0 Å². The van der Waals surface area contributed by atoms with Gasteiger partial charge in [-0.15, -0.1) is 0 Å². The van der Waals surface area contributed by atoms with Crippen molar-refractivity contribution in [1.29, 1.82) is 0 Å². The number of anilines is 6. The predicted octanol–water partition coefficient (Wildman–Crippen LogP) is 18.7. The number of hydrogen-bond acceptors (Lipinski definition) is 5. The van der Waals surface area contributed by atoms with E-state index in [1.807, 2.05) is 24.3 Å². The van der Waals surface area contributed by atoms with E-state index >= 15 is 0 Å². The Hall–Kier alpha value is -9.32. The van der Waals surface area contributed by atoms with Gasteiger partial charge in [0.25, 0.3) is 0 Å². The van der Waals surface area contributed by atoms with Gasteiger partial charge in [-0.05, 0) is 101 Å². The number of rotatable bonds is 8. The SMILES string of the molecule is c1ccc(-c2ccc(N(c3cccc4c3-c3cccc5c(N(c6ccc(-c7ccccc7)cc6)c6cccc7c6oc6ccccc67)ccc(c35)O4)c3cccc4c3oc3ccccc34)cc2)cc1. The Morgan fingerprint density at radius 2 is 0.725 bits per heavy atom. The minimum Gasteiger partial charge on any atom is -0.456 e. The highest BCUT2D eigenvalue weighted by atomic mass is 16.5. The highest BCUT2D eigenvalue weighted by Gasteiger charge is 2.30. The lowest BCUT2D eigenvalue weighted by Crippen LogP contribution is -2.13. The van der Waals surface area contributed by atoms with E-state index in [1.54, 1.807) is 0 Å². The number of fused-ring (bicyclic) bond motifs is 8. The molecule has 1 aliphatic heterocycles. The Morgan fingerprint density at radius 3 is 1.30 bits per heavy atom. The molecular formula is C64H40N2O3. The van der Waals surface area contributed by atoms with Crippen LogP contribution in [0.5, 0.6) is 11.5 Å². The van der Waals surface area contributed by atoms with E-state index in [4.69, 9.17) is 13.6 Å². The Bertz CT molecular complexity index is 4100. The molecule has 0 radical (unpaired) electrons. The zero-order chi connectivity index (χ0) is 45.4. The summed E-state index contributed by atoms with van der Waals surface area (Å²) in [4.78, 5) is 4.67. The van der Waals surface area contributed by atoms with Crippen molar-refractivity contribution in [2.75, 3.05) is 9.80 Å². The fraction of sp³-hybridized carbons (Fsp3) is 0. The Labute approximate surface area is 397 Å². The van der Waals surface area contributed by atoms with E-state index in [2.05, 4.69) is 228 Å². The highest BCUT2D eigenvalue weighted by Crippen LogP contribution is 2.56. The molecule has 5 heteroatoms. The third-order valence-electron chi connectivity index (χ3n) is 13.7. The van der Waals surface area contributed by atoms with E-state index in [1.165, 1.54) is 5.56 Å². The molecule has 5 nitrogen and oxygen atoms in total. The van der Waals surface area contributed by atoms with Crippen LogP contribution in [0.3, 0.4) is 0 Å². The minimum atomic E-state index is 0.781. The van der Waals surface area contributed by atoms with Gasteiger partial charge in [-0.1, -0.05) is 170 Å². The second-order valence-corrected chi connectivity index (χ2v) is 17.6. The van der Waals surface area contributed by atoms with Crippen molar-refractivity contribution in [3.63, 3.8) is 0 Å². The number of nitrogens with zero attached hydrogens (tertiary/aromatic N) is 2. The summed E-state index contributed by atoms with van der Waals surface area (Å²) in [6.07, 6.45) is 0. The van der Waals surface area contributed by atoms with Crippen molar-refractivity contribution in [1.82, 2.24) is 0 Å². The molecule has 0 amide bonds. The molecule has 0 aliphatic carbocycles. The normalized spacial score (nSPS) is 11.9. The number of benzene rings is 11. The van der Waals surface area contributed by atoms with Crippen LogP contribution in [0.4, 0.5) is 34.1 Å². The van der Waals surface area contributed by atoms with E-state index in [-0.39, 0.29) is 0 Å². The monoisotopic (exact) mass is 884 g/mol. The zero-order valence-electron chi connectivity index (χ0n) is 37.2. The zero-order valence-corrected chi connectivity index (χ0v) is 37.2. The standard InChI is InChI=1S/C64H40N2O3/c1-3-15-41(16-4-1)43-31-35-45(36-32-43)65(55-26-12-21-49-47-19-7-9-28-57(47)68-63(49)55)53-39-40-60-61-51(53)23-11-24-52(61)62-54(25-14-30-59(62)67-60)66(46-37-33-44(34-38-46)42-17-5-2-6-18-42)56-27-13-22-50-48-20-8-10-29-58(48)69-64(50)56/h1-40H. The first-order valence-electron chi connectivity index (χ1n) is 23.3. The van der Waals surface area contributed by atoms with Crippen molar-refractivity contribution in [2.24, 2.45) is 0 Å². The second kappa shape index (κ2) is 15.7. The fourth-order valence-electron chi connectivity index (χ4n) is 10.5. The first kappa shape index (κ1) is 38.9. The van der Waals surface area contributed by atoms with Gasteiger partial charge in [0.1, 0.15) is 22.7 Å². The molecular weight excluding hydrogens is 845 g/mol. The molecule has 13 aromatic rings. The van der Waals surface area contributed by atoms with Crippen molar-refractivity contribution in [3.05, 3.63) is 243 Å². The topological polar surface area (TPSA) is 42.0 Å². The van der Waals surface area contributed by atoms with E-state index < -0.39 is 0 Å². The lowest BCUT2D eigenvalue weighted by molar-refractivity contribution is 0.487. The predicted molar refractivity (Wildman–Crippen MR) is 284 cm³/mol. The van der Waals surface area contributed by atoms with Crippen LogP contribution in [0.15, 0.2) is 251 Å². The minimum absolute atomic E-state index is 0.781. The van der Waals surface area contributed by atoms with Crippen LogP contribution in [0.2, 0.25) is 0 Å². The number of ether oxygens (including phenoxy) is 1. The molecule has 0 unspecified atom stereocenters. The maximum atomic E-state index is 7.06. The van der Waals surface area contributed by atoms with Gasteiger partial charge in [0, 0.05) is 49.3 Å². The Balaban J connectivity index is 0.989. The molecule has 324 valence electrons. The summed E-state index contributed by atoms with van der Waals surface area (Å²) in [6.45, 7) is 0. The average molecular weight is 885 g/mol. The summed E-state index contributed by atoms with van der Waals surface area (Å²) in [5.74, 6) is 1.58. The van der Waals surface area contributed by atoms with Gasteiger partial charge < -0.3 is 23.4 Å². The molecule has 0 bridgehead atoms. The molecule has 14 rings (SSSR count). The molecule has 2 aromatic heterocycles. The molecule has 0 atom stereocenters. The van der Waals surface area contributed by atoms with Crippen molar-refractivity contribution >= 4 is 88.8 Å². The molecule has 0 spiro atoms. The third-order valence-corrected chi connectivity index (χ3v) is 13.7. The van der Waals surface area contributed by atoms with Crippen LogP contribution < -0.4 is 14.5 Å². The summed E-state index contributed by atoms with van der Waals surface area (Å²) in [5.41, 5.74) is 15.9. The van der Waals surface area contributed by atoms with Crippen LogP contribution in [-0.4, -0.2) is 0 Å². The number of hydrogen-bond donors (Lipinski definition) is 0. The van der Waals surface area contributed by atoms with Crippen molar-refractivity contribution in [3.8, 4) is 44.9 Å². The number of furan rings is 2. The van der Waals surface area contributed by atoms with Gasteiger partial charge in [-0.3, -0.25) is 0 Å². The van der Waals surface area contributed by atoms with Gasteiger partial charge in [-0.25, -0.2) is 0 Å². The van der Waals surface area contributed by atoms with Gasteiger partial charge in [0.05, 0.1) is 22.7 Å². The lowest BCUT2D eigenvalue weighted by atomic mass is 9.91. The van der Waals surface area contributed by atoms with Crippen LogP contribution in [0, 0.1) is 0 Å². The maximum absolute atomic E-state index is 7.06. The molecule has 0 N–H and O–H groups in total. The summed E-state index contributed by atoms with van der Waals surface area (Å²) < 4.78 is 20.6. The Morgan fingerprint density at radius 1 is 0.275 bits per heavy atom. The molecule has 0 saturated carbocycles. The second-order valence-electron chi connectivity index (χ2n) is 17.6. The van der Waals surface area contributed by atoms with Gasteiger partial charge in [-0.2, -0.15) is 0 Å². The molecule has 11 aromatic carbocycles. The highest BCUT2D eigenvalue weighted by molar-refractivity contribution is 6.17. The molecule has 3 heterocycles. The van der Waals surface area contributed by atoms with Crippen molar-refractivity contribution in [2.45, 2.75) is 0 Å². The van der Waals surface area contributed by atoms with E-state index in [0.717, 1.165) is 128 Å². The van der Waals surface area contributed by atoms with Crippen LogP contribution in [-0.2, 0) is 0 Å². The molecule has 1 aliphatic rings. The van der Waals surface area contributed by atoms with Gasteiger partial charge in [0.15, 0.2) is 11.2 Å². The first-order valence-corrected chi connectivity index (χ1v) is 23.3. The average Bonchev–Trinajstić information content (AvgIpc) is 4.00. The van der Waals surface area contributed by atoms with Crippen molar-refractivity contribution < 1.29 is 13.6 Å². The number of para-hydroxylation sites is 4. The molecule has 69 heavy (non-hydrogen) atoms.